The average molecular weight is 643 g/mol. The zero-order valence-electron chi connectivity index (χ0n) is 27.7. The van der Waals surface area contributed by atoms with Crippen LogP contribution in [0.3, 0.4) is 0 Å². The van der Waals surface area contributed by atoms with Crippen molar-refractivity contribution < 1.29 is 23.9 Å². The number of benzene rings is 4. The molecular formula is C39H38N4O5. The van der Waals surface area contributed by atoms with Crippen LogP contribution in [0.25, 0.3) is 0 Å². The Morgan fingerprint density at radius 2 is 0.938 bits per heavy atom. The van der Waals surface area contributed by atoms with E-state index in [1.165, 1.54) is 10.0 Å². The first-order chi connectivity index (χ1) is 23.0. The fraction of sp³-hybridized carbons (Fsp3) is 0.231. The molecule has 9 heteroatoms. The van der Waals surface area contributed by atoms with Gasteiger partial charge in [-0.3, -0.25) is 19.2 Å². The molecule has 2 amide bonds. The van der Waals surface area contributed by atoms with Gasteiger partial charge in [0.25, 0.3) is 11.8 Å². The summed E-state index contributed by atoms with van der Waals surface area (Å²) in [5.74, 6) is 0.116. The second-order valence-corrected chi connectivity index (χ2v) is 12.0. The number of methoxy groups -OCH3 is 1. The van der Waals surface area contributed by atoms with Crippen LogP contribution in [0.5, 0.6) is 5.75 Å². The molecule has 9 nitrogen and oxygen atoms in total. The molecule has 48 heavy (non-hydrogen) atoms. The maximum absolute atomic E-state index is 13.0. The van der Waals surface area contributed by atoms with Crippen LogP contribution in [0.4, 0.5) is 0 Å². The van der Waals surface area contributed by atoms with Gasteiger partial charge in [0, 0.05) is 11.1 Å². The lowest BCUT2D eigenvalue weighted by atomic mass is 9.78. The van der Waals surface area contributed by atoms with Crippen LogP contribution in [-0.4, -0.2) is 65.0 Å². The van der Waals surface area contributed by atoms with Gasteiger partial charge in [-0.15, -0.1) is 0 Å². The maximum Gasteiger partial charge on any atom is 0.259 e. The molecule has 0 fully saturated rings. The van der Waals surface area contributed by atoms with E-state index in [4.69, 9.17) is 4.74 Å². The Hall–Kier alpha value is -5.70. The number of carbonyl (C=O) groups excluding carboxylic acids is 4. The zero-order valence-corrected chi connectivity index (χ0v) is 27.7. The molecule has 4 aromatic rings. The predicted octanol–water partition coefficient (Wildman–Crippen LogP) is 6.10. The van der Waals surface area contributed by atoms with Gasteiger partial charge in [-0.2, -0.15) is 10.2 Å². The van der Waals surface area contributed by atoms with Gasteiger partial charge in [-0.25, -0.2) is 10.0 Å². The molecule has 0 N–H and O–H groups in total. The molecule has 0 spiro atoms. The normalized spacial score (nSPS) is 20.1. The number of amides is 2. The van der Waals surface area contributed by atoms with Crippen molar-refractivity contribution in [2.45, 2.75) is 38.5 Å². The van der Waals surface area contributed by atoms with Crippen molar-refractivity contribution >= 4 is 34.8 Å². The van der Waals surface area contributed by atoms with Crippen LogP contribution in [0.1, 0.15) is 59.5 Å². The number of nitrogens with zero attached hydrogens (tertiary/aromatic N) is 4. The van der Waals surface area contributed by atoms with Crippen molar-refractivity contribution in [2.75, 3.05) is 20.2 Å². The van der Waals surface area contributed by atoms with E-state index >= 15 is 0 Å². The maximum atomic E-state index is 13.0. The molecule has 0 aromatic heterocycles. The highest BCUT2D eigenvalue weighted by Crippen LogP contribution is 2.35. The second-order valence-electron chi connectivity index (χ2n) is 12.0. The number of hydrogen-bond acceptors (Lipinski definition) is 7. The van der Waals surface area contributed by atoms with Crippen LogP contribution < -0.4 is 4.74 Å². The Balaban J connectivity index is 0.000000188. The summed E-state index contributed by atoms with van der Waals surface area (Å²) >= 11 is 0. The highest BCUT2D eigenvalue weighted by Gasteiger charge is 2.48. The van der Waals surface area contributed by atoms with Crippen molar-refractivity contribution in [1.29, 1.82) is 0 Å². The minimum absolute atomic E-state index is 0.0391. The van der Waals surface area contributed by atoms with E-state index in [1.54, 1.807) is 43.5 Å². The first-order valence-electron chi connectivity index (χ1n) is 15.6. The molecule has 0 saturated carbocycles. The third-order valence-corrected chi connectivity index (χ3v) is 9.11. The Bertz CT molecular complexity index is 1870. The summed E-state index contributed by atoms with van der Waals surface area (Å²) in [7, 11) is 1.60. The highest BCUT2D eigenvalue weighted by atomic mass is 16.5. The molecule has 6 rings (SSSR count). The topological polar surface area (TPSA) is 109 Å². The molecule has 2 atom stereocenters. The molecule has 2 heterocycles. The highest BCUT2D eigenvalue weighted by molar-refractivity contribution is 6.18. The van der Waals surface area contributed by atoms with E-state index in [0.717, 1.165) is 16.9 Å². The average Bonchev–Trinajstić information content (AvgIpc) is 3.48. The molecule has 0 radical (unpaired) electrons. The summed E-state index contributed by atoms with van der Waals surface area (Å²) in [6.07, 6.45) is 0. The van der Waals surface area contributed by atoms with Crippen molar-refractivity contribution in [1.82, 2.24) is 10.0 Å². The van der Waals surface area contributed by atoms with Gasteiger partial charge in [0.2, 0.25) is 0 Å². The minimum Gasteiger partial charge on any atom is -0.497 e. The number of hydrazone groups is 2. The van der Waals surface area contributed by atoms with Crippen LogP contribution >= 0.6 is 0 Å². The Morgan fingerprint density at radius 3 is 1.31 bits per heavy atom. The first-order valence-corrected chi connectivity index (χ1v) is 15.6. The standard InChI is InChI=1S/C20H20N2O3.C19H18N2O2/c1-14-20(2,16-9-11-17(25-3)12-10-16)19(24)22(21-14)13-18(23)15-7-5-4-6-8-15;1-14-19(2,16-11-7-4-8-12-16)18(23)21(20-14)13-17(22)15-9-5-3-6-10-15/h4-12H,13H2,1-3H3;3-12H,13H2,1-2H3. The summed E-state index contributed by atoms with van der Waals surface area (Å²) in [4.78, 5) is 50.6. The Morgan fingerprint density at radius 1 is 0.583 bits per heavy atom. The molecule has 244 valence electrons. The molecule has 2 unspecified atom stereocenters. The summed E-state index contributed by atoms with van der Waals surface area (Å²) in [6.45, 7) is 7.24. The molecule has 4 aromatic carbocycles. The van der Waals surface area contributed by atoms with Crippen LogP contribution in [0.2, 0.25) is 0 Å². The summed E-state index contributed by atoms with van der Waals surface area (Å²) in [6, 6.07) is 34.8. The number of Topliss-reactive ketones (excluding diaryl/α,β-unsaturated/α-hetero) is 2. The fourth-order valence-corrected chi connectivity index (χ4v) is 5.76. The largest absolute Gasteiger partial charge is 0.497 e. The van der Waals surface area contributed by atoms with E-state index in [1.807, 2.05) is 107 Å². The fourth-order valence-electron chi connectivity index (χ4n) is 5.76. The van der Waals surface area contributed by atoms with Crippen LogP contribution in [0, 0.1) is 0 Å². The summed E-state index contributed by atoms with van der Waals surface area (Å²) in [5, 5.41) is 11.3. The molecular weight excluding hydrogens is 604 g/mol. The monoisotopic (exact) mass is 642 g/mol. The number of ketones is 2. The molecule has 2 aliphatic rings. The SMILES string of the molecule is CC1=NN(CC(=O)c2ccccc2)C(=O)C1(C)c1ccccc1.COc1ccc(C2(C)C(=O)N(CC(=O)c3ccccc3)N=C2C)cc1. The molecule has 0 saturated heterocycles. The van der Waals surface area contributed by atoms with Gasteiger partial charge >= 0.3 is 0 Å². The number of carbonyl (C=O) groups is 4. The number of ether oxygens (including phenoxy) is 1. The number of rotatable bonds is 9. The lowest BCUT2D eigenvalue weighted by Crippen LogP contribution is -2.41. The van der Waals surface area contributed by atoms with E-state index in [0.29, 0.717) is 22.6 Å². The van der Waals surface area contributed by atoms with E-state index in [-0.39, 0.29) is 36.5 Å². The van der Waals surface area contributed by atoms with Gasteiger partial charge in [0.05, 0.1) is 18.5 Å². The van der Waals surface area contributed by atoms with Crippen LogP contribution in [0.15, 0.2) is 125 Å². The summed E-state index contributed by atoms with van der Waals surface area (Å²) in [5.41, 5.74) is 2.57. The Labute approximate surface area is 280 Å². The molecule has 0 bridgehead atoms. The van der Waals surface area contributed by atoms with Gasteiger partial charge in [0.1, 0.15) is 29.7 Å². The van der Waals surface area contributed by atoms with Crippen molar-refractivity contribution in [3.05, 3.63) is 138 Å². The third kappa shape index (κ3) is 6.44. The van der Waals surface area contributed by atoms with Gasteiger partial charge in [0.15, 0.2) is 11.6 Å². The van der Waals surface area contributed by atoms with Crippen molar-refractivity contribution in [3.8, 4) is 5.75 Å². The molecule has 2 aliphatic heterocycles. The zero-order chi connectivity index (χ0) is 34.5. The lowest BCUT2D eigenvalue weighted by Gasteiger charge is -2.24. The third-order valence-electron chi connectivity index (χ3n) is 9.11. The first kappa shape index (κ1) is 33.7. The van der Waals surface area contributed by atoms with Gasteiger partial charge in [-0.05, 0) is 51.0 Å². The predicted molar refractivity (Wildman–Crippen MR) is 185 cm³/mol. The van der Waals surface area contributed by atoms with Gasteiger partial charge < -0.3 is 4.74 Å². The van der Waals surface area contributed by atoms with Crippen molar-refractivity contribution in [2.24, 2.45) is 10.2 Å². The van der Waals surface area contributed by atoms with Crippen LogP contribution in [-0.2, 0) is 20.4 Å². The second kappa shape index (κ2) is 14.0. The quantitative estimate of drug-likeness (QED) is 0.205. The number of hydrogen-bond donors (Lipinski definition) is 0. The lowest BCUT2D eigenvalue weighted by molar-refractivity contribution is -0.132. The van der Waals surface area contributed by atoms with E-state index in [9.17, 15) is 19.2 Å². The Kier molecular flexibility index (Phi) is 9.79. The molecule has 0 aliphatic carbocycles. The smallest absolute Gasteiger partial charge is 0.259 e. The minimum atomic E-state index is -0.872. The summed E-state index contributed by atoms with van der Waals surface area (Å²) < 4.78 is 5.17. The van der Waals surface area contributed by atoms with E-state index < -0.39 is 10.8 Å². The van der Waals surface area contributed by atoms with E-state index in [2.05, 4.69) is 10.2 Å². The van der Waals surface area contributed by atoms with Crippen molar-refractivity contribution in [3.63, 3.8) is 0 Å². The van der Waals surface area contributed by atoms with Gasteiger partial charge in [-0.1, -0.05) is 103 Å².